The molecular formula is C33H34ClNO3. The molecule has 5 heteroatoms. The van der Waals surface area contributed by atoms with Gasteiger partial charge in [0.1, 0.15) is 5.75 Å². The van der Waals surface area contributed by atoms with Crippen molar-refractivity contribution in [2.24, 2.45) is 0 Å². The van der Waals surface area contributed by atoms with Crippen LogP contribution in [-0.4, -0.2) is 35.7 Å². The van der Waals surface area contributed by atoms with E-state index in [1.54, 1.807) is 6.07 Å². The molecule has 4 rings (SSSR count). The van der Waals surface area contributed by atoms with Crippen LogP contribution in [0.2, 0.25) is 5.02 Å². The van der Waals surface area contributed by atoms with E-state index in [0.717, 1.165) is 47.8 Å². The summed E-state index contributed by atoms with van der Waals surface area (Å²) in [6.07, 6.45) is 0.811. The standard InChI is InChI=1S/C33H34ClNO3/c1-25-11-8-17-29(33(25)34)23-35(19-10-20-38-30-18-9-12-26(21-30)22-32(36)37)24-31(27-13-4-2-5-14-27)28-15-6-3-7-16-28/h2-9,11-18,21,31H,10,19-20,22-24H2,1H3,(H,36,37). The Morgan fingerprint density at radius 3 is 2.21 bits per heavy atom. The molecule has 1 N–H and O–H groups in total. The van der Waals surface area contributed by atoms with Crippen molar-refractivity contribution < 1.29 is 14.6 Å². The Bertz CT molecular complexity index is 1270. The molecular weight excluding hydrogens is 494 g/mol. The predicted molar refractivity (Wildman–Crippen MR) is 154 cm³/mol. The Hall–Kier alpha value is -3.60. The summed E-state index contributed by atoms with van der Waals surface area (Å²) in [7, 11) is 0. The molecule has 0 saturated carbocycles. The summed E-state index contributed by atoms with van der Waals surface area (Å²) in [5.74, 6) is 0.0667. The van der Waals surface area contributed by atoms with Crippen molar-refractivity contribution in [3.8, 4) is 5.75 Å². The number of aliphatic carboxylic acids is 1. The van der Waals surface area contributed by atoms with Gasteiger partial charge in [0, 0.05) is 30.6 Å². The SMILES string of the molecule is Cc1cccc(CN(CCCOc2cccc(CC(=O)O)c2)CC(c2ccccc2)c2ccccc2)c1Cl. The topological polar surface area (TPSA) is 49.8 Å². The van der Waals surface area contributed by atoms with E-state index in [1.165, 1.54) is 11.1 Å². The Morgan fingerprint density at radius 2 is 1.55 bits per heavy atom. The van der Waals surface area contributed by atoms with E-state index >= 15 is 0 Å². The van der Waals surface area contributed by atoms with Crippen LogP contribution in [0.1, 0.15) is 40.2 Å². The van der Waals surface area contributed by atoms with Crippen LogP contribution in [0.25, 0.3) is 0 Å². The number of ether oxygens (including phenoxy) is 1. The van der Waals surface area contributed by atoms with E-state index in [0.29, 0.717) is 12.4 Å². The molecule has 0 aromatic heterocycles. The third-order valence-corrected chi connectivity index (χ3v) is 7.19. The number of carbonyl (C=O) groups is 1. The number of carboxylic acids is 1. The van der Waals surface area contributed by atoms with Crippen molar-refractivity contribution in [3.05, 3.63) is 136 Å². The lowest BCUT2D eigenvalue weighted by Gasteiger charge is -2.29. The van der Waals surface area contributed by atoms with E-state index in [-0.39, 0.29) is 12.3 Å². The average molecular weight is 528 g/mol. The zero-order valence-electron chi connectivity index (χ0n) is 21.7. The highest BCUT2D eigenvalue weighted by Gasteiger charge is 2.19. The Morgan fingerprint density at radius 1 is 0.895 bits per heavy atom. The highest BCUT2D eigenvalue weighted by atomic mass is 35.5. The van der Waals surface area contributed by atoms with Crippen molar-refractivity contribution in [2.45, 2.75) is 32.2 Å². The molecule has 196 valence electrons. The number of hydrogen-bond donors (Lipinski definition) is 1. The Kier molecular flexibility index (Phi) is 9.97. The highest BCUT2D eigenvalue weighted by Crippen LogP contribution is 2.28. The minimum atomic E-state index is -0.848. The quantitative estimate of drug-likeness (QED) is 0.184. The van der Waals surface area contributed by atoms with Crippen molar-refractivity contribution >= 4 is 17.6 Å². The molecule has 0 saturated heterocycles. The number of aryl methyl sites for hydroxylation is 1. The molecule has 0 aliphatic heterocycles. The number of nitrogens with zero attached hydrogens (tertiary/aromatic N) is 1. The molecule has 4 aromatic carbocycles. The van der Waals surface area contributed by atoms with Crippen molar-refractivity contribution in [1.29, 1.82) is 0 Å². The minimum absolute atomic E-state index is 0.0113. The summed E-state index contributed by atoms with van der Waals surface area (Å²) in [5.41, 5.74) is 5.50. The molecule has 4 nitrogen and oxygen atoms in total. The zero-order chi connectivity index (χ0) is 26.7. The van der Waals surface area contributed by atoms with E-state index in [1.807, 2.05) is 31.2 Å². The van der Waals surface area contributed by atoms with Gasteiger partial charge in [-0.1, -0.05) is 103 Å². The second kappa shape index (κ2) is 13.8. The lowest BCUT2D eigenvalue weighted by Crippen LogP contribution is -2.31. The van der Waals surface area contributed by atoms with Crippen LogP contribution in [0.15, 0.2) is 103 Å². The number of rotatable bonds is 13. The number of carboxylic acid groups (broad SMARTS) is 1. The maximum Gasteiger partial charge on any atom is 0.307 e. The van der Waals surface area contributed by atoms with Gasteiger partial charge in [-0.2, -0.15) is 0 Å². The minimum Gasteiger partial charge on any atom is -0.494 e. The Labute approximate surface area is 230 Å². The lowest BCUT2D eigenvalue weighted by molar-refractivity contribution is -0.136. The lowest BCUT2D eigenvalue weighted by atomic mass is 9.90. The highest BCUT2D eigenvalue weighted by molar-refractivity contribution is 6.32. The summed E-state index contributed by atoms with van der Waals surface area (Å²) in [5, 5.41) is 9.89. The van der Waals surface area contributed by atoms with Crippen molar-refractivity contribution in [2.75, 3.05) is 19.7 Å². The first-order valence-corrected chi connectivity index (χ1v) is 13.4. The molecule has 0 spiro atoms. The summed E-state index contributed by atoms with van der Waals surface area (Å²) in [6.45, 7) is 4.99. The molecule has 0 fully saturated rings. The van der Waals surface area contributed by atoms with Crippen LogP contribution in [0.4, 0.5) is 0 Å². The molecule has 0 bridgehead atoms. The van der Waals surface area contributed by atoms with Gasteiger partial charge in [0.15, 0.2) is 0 Å². The van der Waals surface area contributed by atoms with Crippen LogP contribution in [-0.2, 0) is 17.8 Å². The van der Waals surface area contributed by atoms with Gasteiger partial charge < -0.3 is 9.84 Å². The second-order valence-electron chi connectivity index (χ2n) is 9.58. The van der Waals surface area contributed by atoms with Gasteiger partial charge in [-0.15, -0.1) is 0 Å². The molecule has 0 amide bonds. The van der Waals surface area contributed by atoms with Gasteiger partial charge in [0.2, 0.25) is 0 Å². The Balaban J connectivity index is 1.49. The number of benzene rings is 4. The van der Waals surface area contributed by atoms with Gasteiger partial charge in [-0.05, 0) is 53.3 Å². The summed E-state index contributed by atoms with van der Waals surface area (Å²) < 4.78 is 6.00. The van der Waals surface area contributed by atoms with Crippen molar-refractivity contribution in [3.63, 3.8) is 0 Å². The van der Waals surface area contributed by atoms with E-state index in [2.05, 4.69) is 77.7 Å². The van der Waals surface area contributed by atoms with Gasteiger partial charge in [-0.3, -0.25) is 9.69 Å². The molecule has 0 unspecified atom stereocenters. The van der Waals surface area contributed by atoms with Crippen LogP contribution in [0, 0.1) is 6.92 Å². The van der Waals surface area contributed by atoms with E-state index in [9.17, 15) is 4.79 Å². The van der Waals surface area contributed by atoms with Gasteiger partial charge >= 0.3 is 5.97 Å². The maximum absolute atomic E-state index is 11.0. The third-order valence-electron chi connectivity index (χ3n) is 6.65. The van der Waals surface area contributed by atoms with Crippen LogP contribution < -0.4 is 4.74 Å². The molecule has 0 radical (unpaired) electrons. The third kappa shape index (κ3) is 7.95. The van der Waals surface area contributed by atoms with Crippen LogP contribution >= 0.6 is 11.6 Å². The first kappa shape index (κ1) is 27.4. The largest absolute Gasteiger partial charge is 0.494 e. The van der Waals surface area contributed by atoms with Crippen LogP contribution in [0.5, 0.6) is 5.75 Å². The predicted octanol–water partition coefficient (Wildman–Crippen LogP) is 7.38. The molecule has 38 heavy (non-hydrogen) atoms. The summed E-state index contributed by atoms with van der Waals surface area (Å²) in [4.78, 5) is 13.5. The maximum atomic E-state index is 11.0. The van der Waals surface area contributed by atoms with Crippen molar-refractivity contribution in [1.82, 2.24) is 4.90 Å². The molecule has 0 aliphatic rings. The fourth-order valence-electron chi connectivity index (χ4n) is 4.74. The van der Waals surface area contributed by atoms with E-state index < -0.39 is 5.97 Å². The second-order valence-corrected chi connectivity index (χ2v) is 9.95. The summed E-state index contributed by atoms with van der Waals surface area (Å²) in [6, 6.07) is 34.8. The van der Waals surface area contributed by atoms with Gasteiger partial charge in [-0.25, -0.2) is 0 Å². The van der Waals surface area contributed by atoms with Gasteiger partial charge in [0.05, 0.1) is 13.0 Å². The fraction of sp³-hybridized carbons (Fsp3) is 0.242. The average Bonchev–Trinajstić information content (AvgIpc) is 2.93. The number of hydrogen-bond acceptors (Lipinski definition) is 3. The monoisotopic (exact) mass is 527 g/mol. The first-order chi connectivity index (χ1) is 18.5. The smallest absolute Gasteiger partial charge is 0.307 e. The van der Waals surface area contributed by atoms with Crippen LogP contribution in [0.3, 0.4) is 0 Å². The molecule has 0 heterocycles. The van der Waals surface area contributed by atoms with E-state index in [4.69, 9.17) is 21.4 Å². The molecule has 0 atom stereocenters. The van der Waals surface area contributed by atoms with Gasteiger partial charge in [0.25, 0.3) is 0 Å². The zero-order valence-corrected chi connectivity index (χ0v) is 22.5. The molecule has 4 aromatic rings. The number of halogens is 1. The normalized spacial score (nSPS) is 11.2. The fourth-order valence-corrected chi connectivity index (χ4v) is 4.92. The first-order valence-electron chi connectivity index (χ1n) is 13.0. The molecule has 0 aliphatic carbocycles. The summed E-state index contributed by atoms with van der Waals surface area (Å²) >= 11 is 6.71.